The number of rotatable bonds is 5. The van der Waals surface area contributed by atoms with Gasteiger partial charge < -0.3 is 9.88 Å². The number of imidazole rings is 1. The number of benzene rings is 1. The third-order valence-corrected chi connectivity index (χ3v) is 4.17. The number of aryl methyl sites for hydroxylation is 2. The molecule has 4 nitrogen and oxygen atoms in total. The van der Waals surface area contributed by atoms with Gasteiger partial charge in [-0.15, -0.1) is 11.3 Å². The molecule has 0 radical (unpaired) electrons. The van der Waals surface area contributed by atoms with Crippen LogP contribution < -0.4 is 5.32 Å². The maximum atomic E-state index is 4.50. The molecule has 0 aliphatic heterocycles. The van der Waals surface area contributed by atoms with E-state index in [0.717, 1.165) is 40.9 Å². The van der Waals surface area contributed by atoms with E-state index in [2.05, 4.69) is 56.4 Å². The van der Waals surface area contributed by atoms with Crippen molar-refractivity contribution in [3.05, 3.63) is 52.9 Å². The summed E-state index contributed by atoms with van der Waals surface area (Å²) >= 11 is 1.68. The monoisotopic (exact) mass is 298 g/mol. The van der Waals surface area contributed by atoms with Crippen LogP contribution in [0.15, 0.2) is 42.0 Å². The molecule has 0 atom stereocenters. The van der Waals surface area contributed by atoms with E-state index < -0.39 is 0 Å². The Hall–Kier alpha value is -2.14. The number of aromatic nitrogens is 3. The van der Waals surface area contributed by atoms with E-state index in [9.17, 15) is 0 Å². The van der Waals surface area contributed by atoms with Crippen LogP contribution in [0, 0.1) is 6.92 Å². The molecule has 0 spiro atoms. The van der Waals surface area contributed by atoms with Crippen LogP contribution in [-0.2, 0) is 13.1 Å². The van der Waals surface area contributed by atoms with Crippen LogP contribution in [0.4, 0.5) is 5.69 Å². The summed E-state index contributed by atoms with van der Waals surface area (Å²) in [4.78, 5) is 8.87. The molecule has 0 aliphatic rings. The molecular weight excluding hydrogens is 280 g/mol. The highest BCUT2D eigenvalue weighted by Gasteiger charge is 2.03. The first-order chi connectivity index (χ1) is 10.3. The van der Waals surface area contributed by atoms with Gasteiger partial charge in [0.05, 0.1) is 17.2 Å². The van der Waals surface area contributed by atoms with Gasteiger partial charge in [0.1, 0.15) is 5.82 Å². The highest BCUT2D eigenvalue weighted by molar-refractivity contribution is 7.09. The smallest absolute Gasteiger partial charge is 0.128 e. The molecule has 1 N–H and O–H groups in total. The minimum absolute atomic E-state index is 0.732. The number of anilines is 1. The lowest BCUT2D eigenvalue weighted by molar-refractivity contribution is 0.708. The maximum Gasteiger partial charge on any atom is 0.128 e. The summed E-state index contributed by atoms with van der Waals surface area (Å²) in [6.45, 7) is 5.82. The lowest BCUT2D eigenvalue weighted by Crippen LogP contribution is -2.07. The Morgan fingerprint density at radius 3 is 2.71 bits per heavy atom. The van der Waals surface area contributed by atoms with Gasteiger partial charge in [0.15, 0.2) is 0 Å². The zero-order valence-corrected chi connectivity index (χ0v) is 13.0. The SMILES string of the molecule is CCn1ccnc1CNc1ccc(-c2csc(C)n2)cc1. The Morgan fingerprint density at radius 1 is 1.24 bits per heavy atom. The van der Waals surface area contributed by atoms with Crippen molar-refractivity contribution in [1.29, 1.82) is 0 Å². The van der Waals surface area contributed by atoms with Crippen LogP contribution in [0.25, 0.3) is 11.3 Å². The van der Waals surface area contributed by atoms with Gasteiger partial charge in [0, 0.05) is 35.6 Å². The lowest BCUT2D eigenvalue weighted by atomic mass is 10.1. The summed E-state index contributed by atoms with van der Waals surface area (Å²) < 4.78 is 2.14. The predicted molar refractivity (Wildman–Crippen MR) is 87.5 cm³/mol. The summed E-state index contributed by atoms with van der Waals surface area (Å²) in [5.41, 5.74) is 3.29. The van der Waals surface area contributed by atoms with Crippen LogP contribution in [-0.4, -0.2) is 14.5 Å². The first kappa shape index (κ1) is 13.8. The third kappa shape index (κ3) is 3.13. The first-order valence-corrected chi connectivity index (χ1v) is 7.90. The van der Waals surface area contributed by atoms with Crippen molar-refractivity contribution in [3.8, 4) is 11.3 Å². The topological polar surface area (TPSA) is 42.7 Å². The van der Waals surface area contributed by atoms with Crippen LogP contribution in [0.3, 0.4) is 0 Å². The number of nitrogens with one attached hydrogen (secondary N) is 1. The van der Waals surface area contributed by atoms with Gasteiger partial charge in [0.25, 0.3) is 0 Å². The van der Waals surface area contributed by atoms with Crippen LogP contribution in [0.1, 0.15) is 17.8 Å². The van der Waals surface area contributed by atoms with Gasteiger partial charge in [-0.05, 0) is 26.0 Å². The average Bonchev–Trinajstić information content (AvgIpc) is 3.14. The Morgan fingerprint density at radius 2 is 2.05 bits per heavy atom. The summed E-state index contributed by atoms with van der Waals surface area (Å²) in [5, 5.41) is 6.59. The maximum absolute atomic E-state index is 4.50. The fraction of sp³-hybridized carbons (Fsp3) is 0.250. The van der Waals surface area contributed by atoms with Crippen molar-refractivity contribution in [2.75, 3.05) is 5.32 Å². The minimum Gasteiger partial charge on any atom is -0.378 e. The molecule has 2 heterocycles. The van der Waals surface area contributed by atoms with E-state index in [1.807, 2.05) is 19.3 Å². The fourth-order valence-electron chi connectivity index (χ4n) is 2.23. The van der Waals surface area contributed by atoms with Crippen molar-refractivity contribution in [3.63, 3.8) is 0 Å². The molecule has 0 bridgehead atoms. The molecule has 0 fully saturated rings. The second kappa shape index (κ2) is 6.10. The number of nitrogens with zero attached hydrogens (tertiary/aromatic N) is 3. The van der Waals surface area contributed by atoms with Crippen LogP contribution in [0.2, 0.25) is 0 Å². The highest BCUT2D eigenvalue weighted by atomic mass is 32.1. The van der Waals surface area contributed by atoms with Crippen molar-refractivity contribution < 1.29 is 0 Å². The fourth-order valence-corrected chi connectivity index (χ4v) is 2.85. The summed E-state index contributed by atoms with van der Waals surface area (Å²) in [6, 6.07) is 8.37. The number of thiazole rings is 1. The molecule has 0 aliphatic carbocycles. The Labute approximate surface area is 128 Å². The molecule has 0 unspecified atom stereocenters. The molecule has 108 valence electrons. The predicted octanol–water partition coefficient (Wildman–Crippen LogP) is 3.95. The summed E-state index contributed by atoms with van der Waals surface area (Å²) in [6.07, 6.45) is 3.85. The first-order valence-electron chi connectivity index (χ1n) is 7.02. The van der Waals surface area contributed by atoms with Gasteiger partial charge in [-0.2, -0.15) is 0 Å². The molecule has 3 rings (SSSR count). The quantitative estimate of drug-likeness (QED) is 0.775. The van der Waals surface area contributed by atoms with Crippen molar-refractivity contribution in [2.45, 2.75) is 26.9 Å². The van der Waals surface area contributed by atoms with Crippen LogP contribution in [0.5, 0.6) is 0 Å². The molecule has 2 aromatic heterocycles. The second-order valence-corrected chi connectivity index (χ2v) is 5.87. The van der Waals surface area contributed by atoms with Gasteiger partial charge >= 0.3 is 0 Å². The Bertz CT molecular complexity index is 712. The molecule has 1 aromatic carbocycles. The standard InChI is InChI=1S/C16H18N4S/c1-3-20-9-8-17-16(20)10-18-14-6-4-13(5-7-14)15-11-21-12(2)19-15/h4-9,11,18H,3,10H2,1-2H3. The minimum atomic E-state index is 0.732. The Kier molecular flexibility index (Phi) is 4.01. The van der Waals surface area contributed by atoms with E-state index in [1.54, 1.807) is 11.3 Å². The third-order valence-electron chi connectivity index (χ3n) is 3.39. The highest BCUT2D eigenvalue weighted by Crippen LogP contribution is 2.23. The molecule has 0 amide bonds. The lowest BCUT2D eigenvalue weighted by Gasteiger charge is -2.08. The summed E-state index contributed by atoms with van der Waals surface area (Å²) in [5.74, 6) is 1.05. The molecule has 5 heteroatoms. The zero-order chi connectivity index (χ0) is 14.7. The van der Waals surface area contributed by atoms with Gasteiger partial charge in [-0.1, -0.05) is 12.1 Å². The van der Waals surface area contributed by atoms with E-state index in [0.29, 0.717) is 0 Å². The number of hydrogen-bond acceptors (Lipinski definition) is 4. The average molecular weight is 298 g/mol. The van der Waals surface area contributed by atoms with Crippen molar-refractivity contribution in [2.24, 2.45) is 0 Å². The van der Waals surface area contributed by atoms with E-state index in [-0.39, 0.29) is 0 Å². The van der Waals surface area contributed by atoms with E-state index in [1.165, 1.54) is 0 Å². The van der Waals surface area contributed by atoms with Gasteiger partial charge in [0.2, 0.25) is 0 Å². The Balaban J connectivity index is 1.67. The molecule has 3 aromatic rings. The number of hydrogen-bond donors (Lipinski definition) is 1. The van der Waals surface area contributed by atoms with Crippen LogP contribution >= 0.6 is 11.3 Å². The largest absolute Gasteiger partial charge is 0.378 e. The summed E-state index contributed by atoms with van der Waals surface area (Å²) in [7, 11) is 0. The van der Waals surface area contributed by atoms with Crippen molar-refractivity contribution >= 4 is 17.0 Å². The molecule has 0 saturated heterocycles. The second-order valence-electron chi connectivity index (χ2n) is 4.81. The zero-order valence-electron chi connectivity index (χ0n) is 12.2. The van der Waals surface area contributed by atoms with E-state index in [4.69, 9.17) is 0 Å². The van der Waals surface area contributed by atoms with E-state index >= 15 is 0 Å². The molecule has 21 heavy (non-hydrogen) atoms. The normalized spacial score (nSPS) is 10.8. The molecule has 0 saturated carbocycles. The molecular formula is C16H18N4S. The van der Waals surface area contributed by atoms with Crippen molar-refractivity contribution in [1.82, 2.24) is 14.5 Å². The van der Waals surface area contributed by atoms with Gasteiger partial charge in [-0.25, -0.2) is 9.97 Å². The van der Waals surface area contributed by atoms with Gasteiger partial charge in [-0.3, -0.25) is 0 Å².